The molecule has 1 aliphatic rings. The summed E-state index contributed by atoms with van der Waals surface area (Å²) in [5.41, 5.74) is 7.34. The predicted octanol–water partition coefficient (Wildman–Crippen LogP) is 2.55. The van der Waals surface area contributed by atoms with Gasteiger partial charge < -0.3 is 11.1 Å². The molecule has 0 atom stereocenters. The van der Waals surface area contributed by atoms with Gasteiger partial charge in [0.15, 0.2) is 0 Å². The summed E-state index contributed by atoms with van der Waals surface area (Å²) in [4.78, 5) is 0. The van der Waals surface area contributed by atoms with Crippen molar-refractivity contribution in [2.45, 2.75) is 0 Å². The van der Waals surface area contributed by atoms with E-state index in [4.69, 9.17) is 17.3 Å². The van der Waals surface area contributed by atoms with Gasteiger partial charge in [-0.25, -0.2) is 4.39 Å². The predicted molar refractivity (Wildman–Crippen MR) is 94.5 cm³/mol. The zero-order valence-electron chi connectivity index (χ0n) is 12.7. The van der Waals surface area contributed by atoms with E-state index in [1.807, 2.05) is 42.5 Å². The Balaban J connectivity index is 2.30. The van der Waals surface area contributed by atoms with Crippen LogP contribution in [0.2, 0.25) is 5.02 Å². The fraction of sp³-hybridized carbons (Fsp3) is 0. The number of rotatable bonds is 1. The number of hydrogen-bond donors (Lipinski definition) is 2. The summed E-state index contributed by atoms with van der Waals surface area (Å²) in [5.74, 6) is 0.167. The SMILES string of the molecule is NC1=c2ccccc2=c2ccc(Cl)cc2=C(c2ccccc2F)N1. The third-order valence-corrected chi connectivity index (χ3v) is 4.40. The monoisotopic (exact) mass is 336 g/mol. The van der Waals surface area contributed by atoms with Crippen molar-refractivity contribution in [3.05, 3.63) is 104 Å². The maximum Gasteiger partial charge on any atom is 0.132 e. The number of halogens is 2. The zero-order valence-corrected chi connectivity index (χ0v) is 13.4. The van der Waals surface area contributed by atoms with Crippen LogP contribution < -0.4 is 21.5 Å². The Labute approximate surface area is 143 Å². The second kappa shape index (κ2) is 5.69. The molecule has 0 saturated carbocycles. The Kier molecular flexibility index (Phi) is 3.51. The summed E-state index contributed by atoms with van der Waals surface area (Å²) in [6.07, 6.45) is 0. The number of hydrogen-bond acceptors (Lipinski definition) is 2. The van der Waals surface area contributed by atoms with E-state index in [1.165, 1.54) is 6.07 Å². The van der Waals surface area contributed by atoms with Gasteiger partial charge in [-0.1, -0.05) is 54.1 Å². The maximum atomic E-state index is 14.4. The first-order valence-corrected chi connectivity index (χ1v) is 7.94. The molecule has 0 aliphatic carbocycles. The van der Waals surface area contributed by atoms with Crippen molar-refractivity contribution in [2.24, 2.45) is 5.73 Å². The first kappa shape index (κ1) is 14.8. The molecule has 0 fully saturated rings. The Morgan fingerprint density at radius 1 is 0.792 bits per heavy atom. The molecule has 118 valence electrons. The summed E-state index contributed by atoms with van der Waals surface area (Å²) >= 11 is 6.21. The van der Waals surface area contributed by atoms with Crippen LogP contribution in [0.1, 0.15) is 5.56 Å². The van der Waals surface area contributed by atoms with Gasteiger partial charge in [-0.3, -0.25) is 0 Å². The van der Waals surface area contributed by atoms with E-state index in [1.54, 1.807) is 18.2 Å². The van der Waals surface area contributed by atoms with Crippen LogP contribution in [0.25, 0.3) is 11.5 Å². The van der Waals surface area contributed by atoms with E-state index in [0.29, 0.717) is 22.1 Å². The summed E-state index contributed by atoms with van der Waals surface area (Å²) in [5, 5.41) is 7.42. The summed E-state index contributed by atoms with van der Waals surface area (Å²) < 4.78 is 14.4. The highest BCUT2D eigenvalue weighted by molar-refractivity contribution is 6.30. The lowest BCUT2D eigenvalue weighted by molar-refractivity contribution is 0.623. The van der Waals surface area contributed by atoms with Crippen molar-refractivity contribution >= 4 is 23.1 Å². The molecular formula is C20H14ClFN2. The Morgan fingerprint density at radius 2 is 1.46 bits per heavy atom. The molecular weight excluding hydrogens is 323 g/mol. The molecule has 1 aliphatic heterocycles. The van der Waals surface area contributed by atoms with Gasteiger partial charge in [0.05, 0.1) is 5.70 Å². The Morgan fingerprint density at radius 3 is 2.25 bits per heavy atom. The van der Waals surface area contributed by atoms with Crippen LogP contribution in [0.5, 0.6) is 0 Å². The second-order valence-electron chi connectivity index (χ2n) is 5.63. The fourth-order valence-electron chi connectivity index (χ4n) is 3.06. The van der Waals surface area contributed by atoms with E-state index < -0.39 is 0 Å². The lowest BCUT2D eigenvalue weighted by Crippen LogP contribution is -2.28. The summed E-state index contributed by atoms with van der Waals surface area (Å²) in [6.45, 7) is 0. The molecule has 3 aromatic rings. The van der Waals surface area contributed by atoms with Crippen LogP contribution >= 0.6 is 11.6 Å². The van der Waals surface area contributed by atoms with Crippen LogP contribution in [0.4, 0.5) is 4.39 Å². The second-order valence-corrected chi connectivity index (χ2v) is 6.07. The number of fused-ring (bicyclic) bond motifs is 2. The van der Waals surface area contributed by atoms with E-state index in [0.717, 1.165) is 20.9 Å². The molecule has 2 nitrogen and oxygen atoms in total. The van der Waals surface area contributed by atoms with E-state index in [9.17, 15) is 4.39 Å². The van der Waals surface area contributed by atoms with E-state index in [2.05, 4.69) is 5.32 Å². The van der Waals surface area contributed by atoms with Crippen molar-refractivity contribution in [1.29, 1.82) is 0 Å². The molecule has 0 radical (unpaired) electrons. The molecule has 0 spiro atoms. The molecule has 3 N–H and O–H groups in total. The summed E-state index contributed by atoms with van der Waals surface area (Å²) in [6, 6.07) is 20.1. The third kappa shape index (κ3) is 2.34. The molecule has 3 aromatic carbocycles. The number of nitrogens with one attached hydrogen (secondary N) is 1. The van der Waals surface area contributed by atoms with Crippen LogP contribution in [0.15, 0.2) is 66.7 Å². The molecule has 0 amide bonds. The smallest absolute Gasteiger partial charge is 0.132 e. The Bertz CT molecular complexity index is 1170. The van der Waals surface area contributed by atoms with Gasteiger partial charge in [-0.2, -0.15) is 0 Å². The quantitative estimate of drug-likeness (QED) is 0.716. The number of benzene rings is 3. The van der Waals surface area contributed by atoms with Crippen molar-refractivity contribution in [3.63, 3.8) is 0 Å². The van der Waals surface area contributed by atoms with Gasteiger partial charge in [-0.05, 0) is 34.7 Å². The average Bonchev–Trinajstić information content (AvgIpc) is 2.71. The highest BCUT2D eigenvalue weighted by atomic mass is 35.5. The molecule has 0 bridgehead atoms. The normalized spacial score (nSPS) is 12.9. The highest BCUT2D eigenvalue weighted by Gasteiger charge is 2.13. The van der Waals surface area contributed by atoms with Gasteiger partial charge >= 0.3 is 0 Å². The molecule has 0 unspecified atom stereocenters. The minimum Gasteiger partial charge on any atom is -0.385 e. The minimum absolute atomic E-state index is 0.315. The van der Waals surface area contributed by atoms with Gasteiger partial charge in [0.25, 0.3) is 0 Å². The first-order valence-electron chi connectivity index (χ1n) is 7.56. The van der Waals surface area contributed by atoms with E-state index >= 15 is 0 Å². The molecule has 4 heteroatoms. The van der Waals surface area contributed by atoms with Crippen LogP contribution in [0.3, 0.4) is 0 Å². The topological polar surface area (TPSA) is 38.0 Å². The maximum absolute atomic E-state index is 14.4. The van der Waals surface area contributed by atoms with Gasteiger partial charge in [0, 0.05) is 21.0 Å². The van der Waals surface area contributed by atoms with Crippen molar-refractivity contribution in [1.82, 2.24) is 5.32 Å². The van der Waals surface area contributed by atoms with Gasteiger partial charge in [-0.15, -0.1) is 0 Å². The standard InChI is InChI=1S/C20H14ClFN2/c21-12-9-10-14-13-5-1-2-6-15(13)20(23)24-19(17(14)11-12)16-7-3-4-8-18(16)22/h1-11,24H,23H2. The van der Waals surface area contributed by atoms with Crippen molar-refractivity contribution < 1.29 is 4.39 Å². The van der Waals surface area contributed by atoms with Gasteiger partial charge in [0.1, 0.15) is 11.6 Å². The van der Waals surface area contributed by atoms with Crippen LogP contribution in [-0.4, -0.2) is 0 Å². The molecule has 0 saturated heterocycles. The molecule has 4 rings (SSSR count). The fourth-order valence-corrected chi connectivity index (χ4v) is 3.23. The zero-order chi connectivity index (χ0) is 16.7. The van der Waals surface area contributed by atoms with Crippen LogP contribution in [0, 0.1) is 16.3 Å². The molecule has 1 heterocycles. The Hall–Kier alpha value is -2.78. The highest BCUT2D eigenvalue weighted by Crippen LogP contribution is 2.16. The third-order valence-electron chi connectivity index (χ3n) is 4.16. The lowest BCUT2D eigenvalue weighted by atomic mass is 10.1. The average molecular weight is 337 g/mol. The summed E-state index contributed by atoms with van der Waals surface area (Å²) in [7, 11) is 0. The molecule has 0 aromatic heterocycles. The van der Waals surface area contributed by atoms with E-state index in [-0.39, 0.29) is 5.82 Å². The minimum atomic E-state index is -0.315. The number of nitrogens with two attached hydrogens (primary N) is 1. The largest absolute Gasteiger partial charge is 0.385 e. The molecule has 24 heavy (non-hydrogen) atoms. The lowest BCUT2D eigenvalue weighted by Gasteiger charge is -2.12. The van der Waals surface area contributed by atoms with Crippen LogP contribution in [-0.2, 0) is 0 Å². The van der Waals surface area contributed by atoms with Gasteiger partial charge in [0.2, 0.25) is 0 Å². The first-order chi connectivity index (χ1) is 11.6. The van der Waals surface area contributed by atoms with Crippen molar-refractivity contribution in [2.75, 3.05) is 0 Å². The van der Waals surface area contributed by atoms with Crippen molar-refractivity contribution in [3.8, 4) is 0 Å².